The quantitative estimate of drug-likeness (QED) is 0.111. The highest BCUT2D eigenvalue weighted by molar-refractivity contribution is 5.96. The number of nitrogens with zero attached hydrogens (tertiary/aromatic N) is 1. The molecule has 0 aromatic heterocycles. The molecule has 1 aromatic carbocycles. The fourth-order valence-corrected chi connectivity index (χ4v) is 4.91. The van der Waals surface area contributed by atoms with Gasteiger partial charge in [-0.1, -0.05) is 44.2 Å². The molecule has 0 saturated carbocycles. The summed E-state index contributed by atoms with van der Waals surface area (Å²) >= 11 is 0. The van der Waals surface area contributed by atoms with E-state index in [0.717, 1.165) is 5.56 Å². The van der Waals surface area contributed by atoms with Crippen molar-refractivity contribution in [2.75, 3.05) is 6.54 Å². The third-order valence-corrected chi connectivity index (χ3v) is 7.11. The molecule has 44 heavy (non-hydrogen) atoms. The molecule has 2 rings (SSSR count). The fraction of sp³-hybridized carbons (Fsp3) is 0.552. The number of nitrogens with two attached hydrogens (primary N) is 2. The predicted molar refractivity (Wildman–Crippen MR) is 156 cm³/mol. The highest BCUT2D eigenvalue weighted by Gasteiger charge is 2.39. The average molecular weight is 619 g/mol. The number of carboxylic acids is 2. The fourth-order valence-electron chi connectivity index (χ4n) is 4.91. The van der Waals surface area contributed by atoms with Gasteiger partial charge in [-0.05, 0) is 37.2 Å². The molecule has 0 spiro atoms. The van der Waals surface area contributed by atoms with Crippen LogP contribution in [0.1, 0.15) is 57.9 Å². The summed E-state index contributed by atoms with van der Waals surface area (Å²) in [4.78, 5) is 88.4. The van der Waals surface area contributed by atoms with Crippen molar-refractivity contribution in [3.05, 3.63) is 35.9 Å². The van der Waals surface area contributed by atoms with Gasteiger partial charge in [-0.15, -0.1) is 0 Å². The van der Waals surface area contributed by atoms with Gasteiger partial charge in [0.05, 0.1) is 12.5 Å². The lowest BCUT2D eigenvalue weighted by Crippen LogP contribution is -2.58. The summed E-state index contributed by atoms with van der Waals surface area (Å²) in [5, 5.41) is 25.7. The van der Waals surface area contributed by atoms with Gasteiger partial charge in [0.25, 0.3) is 0 Å². The van der Waals surface area contributed by atoms with Crippen LogP contribution in [0.15, 0.2) is 30.3 Å². The summed E-state index contributed by atoms with van der Waals surface area (Å²) in [6.45, 7) is 3.82. The average Bonchev–Trinajstić information content (AvgIpc) is 3.44. The van der Waals surface area contributed by atoms with E-state index in [2.05, 4.69) is 16.0 Å². The number of carbonyl (C=O) groups is 7. The van der Waals surface area contributed by atoms with Crippen LogP contribution in [0.4, 0.5) is 0 Å². The highest BCUT2D eigenvalue weighted by Crippen LogP contribution is 2.21. The summed E-state index contributed by atoms with van der Waals surface area (Å²) in [7, 11) is 0. The van der Waals surface area contributed by atoms with Crippen molar-refractivity contribution in [1.82, 2.24) is 20.9 Å². The number of carboxylic acid groups (broad SMARTS) is 2. The zero-order valence-corrected chi connectivity index (χ0v) is 24.9. The van der Waals surface area contributed by atoms with Gasteiger partial charge in [0.1, 0.15) is 24.2 Å². The van der Waals surface area contributed by atoms with E-state index in [1.54, 1.807) is 30.3 Å². The molecule has 15 nitrogen and oxygen atoms in total. The molecule has 242 valence electrons. The first kappa shape index (κ1) is 35.7. The Hall–Kier alpha value is -4.53. The van der Waals surface area contributed by atoms with Crippen LogP contribution in [0.5, 0.6) is 0 Å². The van der Waals surface area contributed by atoms with Gasteiger partial charge in [0.2, 0.25) is 29.5 Å². The topological polar surface area (TPSA) is 251 Å². The number of primary amides is 1. The van der Waals surface area contributed by atoms with Gasteiger partial charge in [-0.2, -0.15) is 0 Å². The largest absolute Gasteiger partial charge is 0.481 e. The molecular formula is C29H42N6O9. The summed E-state index contributed by atoms with van der Waals surface area (Å²) in [6.07, 6.45) is -0.449. The molecule has 0 aliphatic carbocycles. The number of benzene rings is 1. The molecule has 5 amide bonds. The molecule has 1 aliphatic rings. The molecule has 1 aromatic rings. The monoisotopic (exact) mass is 618 g/mol. The molecule has 0 unspecified atom stereocenters. The Balaban J connectivity index is 2.20. The first-order chi connectivity index (χ1) is 20.7. The standard InChI is InChI=1S/C29H42N6O9/c1-16(2)13-21(34-26(41)18(30)15-24(38)39)29(44)35-12-6-9-22(35)28(43)32-19(10-11-23(36)37)27(42)33-20(25(31)40)14-17-7-4-3-5-8-17/h3-5,7-8,16,18-22H,6,9-15,30H2,1-2H3,(H2,31,40)(H,32,43)(H,33,42)(H,34,41)(H,36,37)(H,38,39)/t18-,19-,20-,21-,22-/m0/s1. The molecule has 1 fully saturated rings. The first-order valence-electron chi connectivity index (χ1n) is 14.4. The van der Waals surface area contributed by atoms with Gasteiger partial charge < -0.3 is 42.5 Å². The van der Waals surface area contributed by atoms with Crippen molar-refractivity contribution in [2.24, 2.45) is 17.4 Å². The van der Waals surface area contributed by atoms with Crippen LogP contribution < -0.4 is 27.4 Å². The third kappa shape index (κ3) is 11.3. The summed E-state index contributed by atoms with van der Waals surface area (Å²) in [5.74, 6) is -6.29. The van der Waals surface area contributed by atoms with Gasteiger partial charge in [0, 0.05) is 19.4 Å². The van der Waals surface area contributed by atoms with Crippen LogP contribution in [-0.4, -0.2) is 93.3 Å². The maximum Gasteiger partial charge on any atom is 0.305 e. The summed E-state index contributed by atoms with van der Waals surface area (Å²) in [6, 6.07) is 2.78. The smallest absolute Gasteiger partial charge is 0.305 e. The van der Waals surface area contributed by atoms with Gasteiger partial charge in [0.15, 0.2) is 0 Å². The maximum absolute atomic E-state index is 13.6. The SMILES string of the molecule is CC(C)C[C@H](NC(=O)[C@@H](N)CC(=O)O)C(=O)N1CCC[C@H]1C(=O)N[C@@H](CCC(=O)O)C(=O)N[C@@H](Cc1ccccc1)C(N)=O. The van der Waals surface area contributed by atoms with Crippen molar-refractivity contribution >= 4 is 41.5 Å². The Bertz CT molecular complexity index is 1210. The number of amides is 5. The Kier molecular flexibility index (Phi) is 13.7. The zero-order chi connectivity index (χ0) is 33.0. The molecule has 1 heterocycles. The van der Waals surface area contributed by atoms with Gasteiger partial charge >= 0.3 is 11.9 Å². The molecule has 1 aliphatic heterocycles. The number of nitrogens with one attached hydrogen (secondary N) is 3. The van der Waals surface area contributed by atoms with E-state index in [-0.39, 0.29) is 38.1 Å². The molecule has 9 N–H and O–H groups in total. The van der Waals surface area contributed by atoms with Crippen LogP contribution >= 0.6 is 0 Å². The molecular weight excluding hydrogens is 576 g/mol. The predicted octanol–water partition coefficient (Wildman–Crippen LogP) is -1.13. The van der Waals surface area contributed by atoms with Gasteiger partial charge in [-0.3, -0.25) is 33.6 Å². The number of hydrogen-bond donors (Lipinski definition) is 7. The lowest BCUT2D eigenvalue weighted by atomic mass is 10.0. The molecule has 5 atom stereocenters. The van der Waals surface area contributed by atoms with Crippen molar-refractivity contribution in [2.45, 2.75) is 89.0 Å². The first-order valence-corrected chi connectivity index (χ1v) is 14.4. The summed E-state index contributed by atoms with van der Waals surface area (Å²) in [5.41, 5.74) is 11.9. The van der Waals surface area contributed by atoms with Crippen molar-refractivity contribution < 1.29 is 43.8 Å². The Morgan fingerprint density at radius 1 is 0.909 bits per heavy atom. The normalized spacial score (nSPS) is 17.2. The molecule has 0 radical (unpaired) electrons. The van der Waals surface area contributed by atoms with E-state index in [0.29, 0.717) is 6.42 Å². The minimum absolute atomic E-state index is 0.0620. The minimum Gasteiger partial charge on any atom is -0.481 e. The number of likely N-dealkylation sites (tertiary alicyclic amines) is 1. The number of carbonyl (C=O) groups excluding carboxylic acids is 5. The van der Waals surface area contributed by atoms with Gasteiger partial charge in [-0.25, -0.2) is 0 Å². The van der Waals surface area contributed by atoms with Crippen molar-refractivity contribution in [3.8, 4) is 0 Å². The van der Waals surface area contributed by atoms with E-state index in [9.17, 15) is 38.7 Å². The lowest BCUT2D eigenvalue weighted by Gasteiger charge is -2.31. The van der Waals surface area contributed by atoms with E-state index < -0.39 is 84.5 Å². The molecule has 0 bridgehead atoms. The van der Waals surface area contributed by atoms with Crippen LogP contribution in [-0.2, 0) is 40.0 Å². The maximum atomic E-state index is 13.6. The Morgan fingerprint density at radius 2 is 1.55 bits per heavy atom. The second-order valence-electron chi connectivity index (χ2n) is 11.2. The Labute approximate surface area is 255 Å². The highest BCUT2D eigenvalue weighted by atomic mass is 16.4. The van der Waals surface area contributed by atoms with E-state index in [1.807, 2.05) is 13.8 Å². The van der Waals surface area contributed by atoms with Crippen molar-refractivity contribution in [1.29, 1.82) is 0 Å². The number of hydrogen-bond acceptors (Lipinski definition) is 8. The summed E-state index contributed by atoms with van der Waals surface area (Å²) < 4.78 is 0. The van der Waals surface area contributed by atoms with E-state index >= 15 is 0 Å². The van der Waals surface area contributed by atoms with E-state index in [4.69, 9.17) is 16.6 Å². The van der Waals surface area contributed by atoms with E-state index in [1.165, 1.54) is 4.90 Å². The van der Waals surface area contributed by atoms with Crippen LogP contribution in [0, 0.1) is 5.92 Å². The minimum atomic E-state index is -1.38. The zero-order valence-electron chi connectivity index (χ0n) is 24.9. The van der Waals surface area contributed by atoms with Crippen LogP contribution in [0.25, 0.3) is 0 Å². The molecule has 1 saturated heterocycles. The van der Waals surface area contributed by atoms with Crippen LogP contribution in [0.3, 0.4) is 0 Å². The second kappa shape index (κ2) is 16.9. The lowest BCUT2D eigenvalue weighted by molar-refractivity contribution is -0.143. The third-order valence-electron chi connectivity index (χ3n) is 7.11. The van der Waals surface area contributed by atoms with Crippen molar-refractivity contribution in [3.63, 3.8) is 0 Å². The number of rotatable bonds is 17. The Morgan fingerprint density at radius 3 is 2.11 bits per heavy atom. The molecule has 15 heteroatoms. The van der Waals surface area contributed by atoms with Crippen LogP contribution in [0.2, 0.25) is 0 Å². The number of aliphatic carboxylic acids is 2. The second-order valence-corrected chi connectivity index (χ2v) is 11.2.